The van der Waals surface area contributed by atoms with Crippen molar-refractivity contribution < 1.29 is 4.79 Å². The van der Waals surface area contributed by atoms with Crippen molar-refractivity contribution in [2.24, 2.45) is 0 Å². The van der Waals surface area contributed by atoms with Crippen LogP contribution >= 0.6 is 0 Å². The van der Waals surface area contributed by atoms with Crippen molar-refractivity contribution in [1.82, 2.24) is 25.0 Å². The molecule has 17 heavy (non-hydrogen) atoms. The van der Waals surface area contributed by atoms with Crippen molar-refractivity contribution in [3.8, 4) is 0 Å². The number of piperidine rings is 1. The van der Waals surface area contributed by atoms with Gasteiger partial charge >= 0.3 is 0 Å². The number of rotatable bonds is 2. The van der Waals surface area contributed by atoms with Gasteiger partial charge in [0, 0.05) is 19.1 Å². The maximum atomic E-state index is 12.1. The highest BCUT2D eigenvalue weighted by Crippen LogP contribution is 2.15. The van der Waals surface area contributed by atoms with E-state index in [0.29, 0.717) is 11.9 Å². The van der Waals surface area contributed by atoms with Crippen LogP contribution in [0.4, 0.5) is 0 Å². The predicted molar refractivity (Wildman–Crippen MR) is 63.7 cm³/mol. The lowest BCUT2D eigenvalue weighted by Crippen LogP contribution is -2.47. The van der Waals surface area contributed by atoms with Crippen molar-refractivity contribution >= 4 is 5.91 Å². The molecule has 6 nitrogen and oxygen atoms in total. The summed E-state index contributed by atoms with van der Waals surface area (Å²) in [6.45, 7) is 3.36. The number of hydrogen-bond donors (Lipinski definition) is 1. The summed E-state index contributed by atoms with van der Waals surface area (Å²) in [7, 11) is 4.10. The van der Waals surface area contributed by atoms with Gasteiger partial charge in [0.2, 0.25) is 5.82 Å². The molecule has 1 saturated heterocycles. The molecule has 1 amide bonds. The molecule has 0 aromatic carbocycles. The van der Waals surface area contributed by atoms with Gasteiger partial charge in [0.1, 0.15) is 5.82 Å². The average Bonchev–Trinajstić information content (AvgIpc) is 2.75. The number of nitrogens with one attached hydrogen (secondary N) is 1. The average molecular weight is 237 g/mol. The zero-order chi connectivity index (χ0) is 12.4. The number of carbonyl (C=O) groups is 1. The minimum atomic E-state index is -0.0686. The zero-order valence-corrected chi connectivity index (χ0v) is 10.6. The lowest BCUT2D eigenvalue weighted by molar-refractivity contribution is 0.0623. The standard InChI is InChI=1S/C11H19N5O/c1-8-12-10(14-13-8)11(17)16-6-4-5-9(7-16)15(2)3/h9H,4-7H2,1-3H3,(H,12,13,14). The molecule has 1 atom stereocenters. The van der Waals surface area contributed by atoms with Gasteiger partial charge in [-0.25, -0.2) is 4.98 Å². The van der Waals surface area contributed by atoms with E-state index in [9.17, 15) is 4.79 Å². The van der Waals surface area contributed by atoms with E-state index in [1.807, 2.05) is 4.90 Å². The molecule has 0 aliphatic carbocycles. The molecule has 0 bridgehead atoms. The Morgan fingerprint density at radius 1 is 1.53 bits per heavy atom. The first-order valence-electron chi connectivity index (χ1n) is 5.92. The zero-order valence-electron chi connectivity index (χ0n) is 10.6. The third-order valence-electron chi connectivity index (χ3n) is 3.20. The highest BCUT2D eigenvalue weighted by Gasteiger charge is 2.27. The van der Waals surface area contributed by atoms with Crippen LogP contribution in [0.15, 0.2) is 0 Å². The summed E-state index contributed by atoms with van der Waals surface area (Å²) in [6, 6.07) is 0.438. The number of likely N-dealkylation sites (tertiary alicyclic amines) is 1. The van der Waals surface area contributed by atoms with Crippen LogP contribution in [0.3, 0.4) is 0 Å². The van der Waals surface area contributed by atoms with Crippen molar-refractivity contribution in [3.05, 3.63) is 11.6 Å². The van der Waals surface area contributed by atoms with Gasteiger partial charge in [-0.05, 0) is 33.9 Å². The molecule has 1 aliphatic rings. The fourth-order valence-corrected chi connectivity index (χ4v) is 2.14. The molecule has 1 aromatic rings. The number of hydrogen-bond acceptors (Lipinski definition) is 4. The molecule has 1 aliphatic heterocycles. The van der Waals surface area contributed by atoms with Crippen molar-refractivity contribution in [1.29, 1.82) is 0 Å². The number of carbonyl (C=O) groups excluding carboxylic acids is 1. The molecule has 6 heteroatoms. The molecule has 0 spiro atoms. The van der Waals surface area contributed by atoms with Crippen LogP contribution in [0.5, 0.6) is 0 Å². The van der Waals surface area contributed by atoms with E-state index in [1.54, 1.807) is 6.92 Å². The first-order valence-corrected chi connectivity index (χ1v) is 5.92. The fourth-order valence-electron chi connectivity index (χ4n) is 2.14. The number of aromatic nitrogens is 3. The van der Waals surface area contributed by atoms with E-state index in [-0.39, 0.29) is 11.7 Å². The van der Waals surface area contributed by atoms with Crippen LogP contribution in [0, 0.1) is 6.92 Å². The second-order valence-corrected chi connectivity index (χ2v) is 4.76. The Kier molecular flexibility index (Phi) is 3.42. The highest BCUT2D eigenvalue weighted by molar-refractivity contribution is 5.90. The smallest absolute Gasteiger partial charge is 0.293 e. The third-order valence-corrected chi connectivity index (χ3v) is 3.20. The van der Waals surface area contributed by atoms with Gasteiger partial charge < -0.3 is 9.80 Å². The largest absolute Gasteiger partial charge is 0.334 e. The Morgan fingerprint density at radius 3 is 2.88 bits per heavy atom. The summed E-state index contributed by atoms with van der Waals surface area (Å²) in [5, 5.41) is 6.62. The van der Waals surface area contributed by atoms with Gasteiger partial charge in [-0.3, -0.25) is 9.89 Å². The quantitative estimate of drug-likeness (QED) is 0.802. The maximum absolute atomic E-state index is 12.1. The van der Waals surface area contributed by atoms with Crippen LogP contribution in [-0.4, -0.2) is 64.1 Å². The Balaban J connectivity index is 2.04. The Labute approximate surface area is 101 Å². The third kappa shape index (κ3) is 2.63. The minimum absolute atomic E-state index is 0.0686. The summed E-state index contributed by atoms with van der Waals surface area (Å²) >= 11 is 0. The molecule has 94 valence electrons. The lowest BCUT2D eigenvalue weighted by Gasteiger charge is -2.35. The molecule has 1 N–H and O–H groups in total. The molecule has 1 unspecified atom stereocenters. The first kappa shape index (κ1) is 12.0. The van der Waals surface area contributed by atoms with Gasteiger partial charge in [-0.1, -0.05) is 0 Å². The summed E-state index contributed by atoms with van der Waals surface area (Å²) < 4.78 is 0. The summed E-state index contributed by atoms with van der Waals surface area (Å²) in [5.74, 6) is 0.886. The summed E-state index contributed by atoms with van der Waals surface area (Å²) in [6.07, 6.45) is 2.18. The van der Waals surface area contributed by atoms with E-state index in [2.05, 4.69) is 34.2 Å². The second kappa shape index (κ2) is 4.83. The van der Waals surface area contributed by atoms with E-state index in [0.717, 1.165) is 25.9 Å². The van der Waals surface area contributed by atoms with Crippen LogP contribution in [0.2, 0.25) is 0 Å². The van der Waals surface area contributed by atoms with Crippen molar-refractivity contribution in [2.75, 3.05) is 27.2 Å². The topological polar surface area (TPSA) is 65.1 Å². The monoisotopic (exact) mass is 237 g/mol. The highest BCUT2D eigenvalue weighted by atomic mass is 16.2. The predicted octanol–water partition coefficient (Wildman–Crippen LogP) is 0.279. The van der Waals surface area contributed by atoms with E-state index < -0.39 is 0 Å². The van der Waals surface area contributed by atoms with Crippen molar-refractivity contribution in [3.63, 3.8) is 0 Å². The summed E-state index contributed by atoms with van der Waals surface area (Å²) in [4.78, 5) is 20.2. The van der Waals surface area contributed by atoms with Gasteiger partial charge in [0.05, 0.1) is 0 Å². The minimum Gasteiger partial charge on any atom is -0.334 e. The normalized spacial score (nSPS) is 20.9. The van der Waals surface area contributed by atoms with E-state index in [1.165, 1.54) is 0 Å². The van der Waals surface area contributed by atoms with E-state index in [4.69, 9.17) is 0 Å². The van der Waals surface area contributed by atoms with Crippen LogP contribution in [0.1, 0.15) is 29.3 Å². The molecule has 0 radical (unpaired) electrons. The molecule has 2 heterocycles. The number of aryl methyl sites for hydroxylation is 1. The molecule has 0 saturated carbocycles. The van der Waals surface area contributed by atoms with Crippen LogP contribution in [0.25, 0.3) is 0 Å². The number of amides is 1. The number of aromatic amines is 1. The molecular weight excluding hydrogens is 218 g/mol. The van der Waals surface area contributed by atoms with Gasteiger partial charge in [-0.15, -0.1) is 5.10 Å². The van der Waals surface area contributed by atoms with Gasteiger partial charge in [0.15, 0.2) is 0 Å². The molecule has 2 rings (SSSR count). The Morgan fingerprint density at radius 2 is 2.29 bits per heavy atom. The first-order chi connectivity index (χ1) is 8.08. The van der Waals surface area contributed by atoms with Crippen LogP contribution in [-0.2, 0) is 0 Å². The Hall–Kier alpha value is -1.43. The number of likely N-dealkylation sites (N-methyl/N-ethyl adjacent to an activating group) is 1. The Bertz CT molecular complexity index is 400. The maximum Gasteiger partial charge on any atom is 0.293 e. The molecular formula is C11H19N5O. The van der Waals surface area contributed by atoms with Crippen molar-refractivity contribution in [2.45, 2.75) is 25.8 Å². The molecule has 1 fully saturated rings. The number of H-pyrrole nitrogens is 1. The van der Waals surface area contributed by atoms with Gasteiger partial charge in [-0.2, -0.15) is 0 Å². The van der Waals surface area contributed by atoms with Crippen LogP contribution < -0.4 is 0 Å². The van der Waals surface area contributed by atoms with E-state index >= 15 is 0 Å². The molecule has 1 aromatic heterocycles. The summed E-state index contributed by atoms with van der Waals surface area (Å²) in [5.41, 5.74) is 0. The lowest BCUT2D eigenvalue weighted by atomic mass is 10.0. The second-order valence-electron chi connectivity index (χ2n) is 4.76. The fraction of sp³-hybridized carbons (Fsp3) is 0.727. The number of nitrogens with zero attached hydrogens (tertiary/aromatic N) is 4. The SMILES string of the molecule is Cc1nc(C(=O)N2CCCC(N(C)C)C2)n[nH]1. The van der Waals surface area contributed by atoms with Gasteiger partial charge in [0.25, 0.3) is 5.91 Å².